The Hall–Kier alpha value is -2.45. The van der Waals surface area contributed by atoms with E-state index < -0.39 is 12.2 Å². The Bertz CT molecular complexity index is 862. The first-order valence-corrected chi connectivity index (χ1v) is 10.4. The average molecular weight is 402 g/mol. The summed E-state index contributed by atoms with van der Waals surface area (Å²) in [7, 11) is 0. The zero-order valence-electron chi connectivity index (χ0n) is 15.5. The van der Waals surface area contributed by atoms with Crippen LogP contribution in [0.3, 0.4) is 0 Å². The van der Waals surface area contributed by atoms with Crippen LogP contribution in [0.1, 0.15) is 16.8 Å². The lowest BCUT2D eigenvalue weighted by Crippen LogP contribution is -2.51. The summed E-state index contributed by atoms with van der Waals surface area (Å²) in [4.78, 5) is 18.8. The fraction of sp³-hybridized carbons (Fsp3) is 0.400. The van der Waals surface area contributed by atoms with Crippen molar-refractivity contribution in [3.63, 3.8) is 0 Å². The van der Waals surface area contributed by atoms with Gasteiger partial charge in [-0.15, -0.1) is 11.8 Å². The third-order valence-corrected chi connectivity index (χ3v) is 5.52. The number of aliphatic hydroxyl groups excluding tert-OH is 1. The van der Waals surface area contributed by atoms with Crippen LogP contribution >= 0.6 is 11.8 Å². The van der Waals surface area contributed by atoms with Gasteiger partial charge in [0.05, 0.1) is 12.1 Å². The summed E-state index contributed by atoms with van der Waals surface area (Å²) >= 11 is 1.43. The predicted octanol–water partition coefficient (Wildman–Crippen LogP) is 2.23. The van der Waals surface area contributed by atoms with Crippen LogP contribution in [0.25, 0.3) is 0 Å². The maximum Gasteiger partial charge on any atom is 0.256 e. The number of rotatable bonds is 4. The minimum absolute atomic E-state index is 0.122. The van der Waals surface area contributed by atoms with Crippen LogP contribution in [0, 0.1) is 0 Å². The molecule has 2 aliphatic rings. The Morgan fingerprint density at radius 2 is 2.14 bits per heavy atom. The number of carbonyl (C=O) groups excluding carboxylic acids is 1. The van der Waals surface area contributed by atoms with Gasteiger partial charge in [-0.05, 0) is 30.5 Å². The number of benzene rings is 1. The molecule has 2 aromatic rings. The number of thioether (sulfide) groups is 1. The molecule has 0 unspecified atom stereocenters. The predicted molar refractivity (Wildman–Crippen MR) is 104 cm³/mol. The van der Waals surface area contributed by atoms with Gasteiger partial charge in [-0.3, -0.25) is 4.79 Å². The Labute approximate surface area is 167 Å². The van der Waals surface area contributed by atoms with Gasteiger partial charge in [0.25, 0.3) is 5.91 Å². The summed E-state index contributed by atoms with van der Waals surface area (Å²) in [6.45, 7) is 1.67. The van der Waals surface area contributed by atoms with Crippen molar-refractivity contribution in [1.82, 2.24) is 9.88 Å². The van der Waals surface area contributed by atoms with Gasteiger partial charge in [-0.2, -0.15) is 0 Å². The summed E-state index contributed by atoms with van der Waals surface area (Å²) < 4.78 is 17.3. The molecule has 148 valence electrons. The third-order valence-electron chi connectivity index (χ3n) is 4.81. The third kappa shape index (κ3) is 3.74. The Kier molecular flexibility index (Phi) is 5.59. The Balaban J connectivity index is 1.44. The quantitative estimate of drug-likeness (QED) is 0.786. The van der Waals surface area contributed by atoms with Gasteiger partial charge in [0.15, 0.2) is 11.5 Å². The van der Waals surface area contributed by atoms with E-state index in [-0.39, 0.29) is 12.5 Å². The number of aromatic nitrogens is 1. The van der Waals surface area contributed by atoms with Crippen molar-refractivity contribution in [3.8, 4) is 17.2 Å². The van der Waals surface area contributed by atoms with E-state index in [1.165, 1.54) is 11.8 Å². The molecule has 0 radical (unpaired) electrons. The number of fused-ring (bicyclic) bond motifs is 1. The van der Waals surface area contributed by atoms with Crippen LogP contribution in [0.2, 0.25) is 0 Å². The Morgan fingerprint density at radius 1 is 1.29 bits per heavy atom. The van der Waals surface area contributed by atoms with E-state index in [0.29, 0.717) is 54.0 Å². The van der Waals surface area contributed by atoms with Gasteiger partial charge in [0.2, 0.25) is 5.75 Å². The van der Waals surface area contributed by atoms with Crippen LogP contribution in [-0.4, -0.2) is 65.7 Å². The van der Waals surface area contributed by atoms with Crippen molar-refractivity contribution in [2.45, 2.75) is 23.7 Å². The molecule has 1 aromatic heterocycles. The largest absolute Gasteiger partial charge is 0.486 e. The molecular weight excluding hydrogens is 380 g/mol. The first-order chi connectivity index (χ1) is 13.7. The van der Waals surface area contributed by atoms with Crippen molar-refractivity contribution in [3.05, 3.63) is 42.1 Å². The number of carbonyl (C=O) groups is 1. The maximum absolute atomic E-state index is 12.9. The lowest BCUT2D eigenvalue weighted by molar-refractivity contribution is -0.0215. The molecule has 3 heterocycles. The number of para-hydroxylation sites is 1. The molecule has 2 aliphatic heterocycles. The number of β-amino-alcohol motifs (C(OH)–C–C–N with tert-alkyl or cyclic N) is 1. The Morgan fingerprint density at radius 3 is 2.96 bits per heavy atom. The zero-order valence-corrected chi connectivity index (χ0v) is 16.4. The van der Waals surface area contributed by atoms with E-state index in [9.17, 15) is 9.90 Å². The molecule has 0 saturated carbocycles. The van der Waals surface area contributed by atoms with E-state index in [1.54, 1.807) is 29.3 Å². The molecule has 8 heteroatoms. The molecule has 1 fully saturated rings. The number of hydrogen-bond acceptors (Lipinski definition) is 7. The van der Waals surface area contributed by atoms with Crippen molar-refractivity contribution < 1.29 is 24.1 Å². The van der Waals surface area contributed by atoms with E-state index in [0.717, 1.165) is 0 Å². The zero-order chi connectivity index (χ0) is 19.5. The highest BCUT2D eigenvalue weighted by Crippen LogP contribution is 2.40. The van der Waals surface area contributed by atoms with E-state index in [2.05, 4.69) is 4.98 Å². The van der Waals surface area contributed by atoms with Crippen molar-refractivity contribution in [2.24, 2.45) is 0 Å². The summed E-state index contributed by atoms with van der Waals surface area (Å²) in [5, 5.41) is 11.3. The number of piperidine rings is 1. The lowest BCUT2D eigenvalue weighted by atomic mass is 10.0. The summed E-state index contributed by atoms with van der Waals surface area (Å²) in [6, 6.07) is 8.98. The minimum atomic E-state index is -0.799. The van der Waals surface area contributed by atoms with E-state index >= 15 is 0 Å². The molecule has 1 N–H and O–H groups in total. The summed E-state index contributed by atoms with van der Waals surface area (Å²) in [5.74, 6) is 1.65. The van der Waals surface area contributed by atoms with Crippen LogP contribution < -0.4 is 14.2 Å². The highest BCUT2D eigenvalue weighted by Gasteiger charge is 2.33. The summed E-state index contributed by atoms with van der Waals surface area (Å²) in [5.41, 5.74) is 0.559. The molecule has 28 heavy (non-hydrogen) atoms. The van der Waals surface area contributed by atoms with Crippen molar-refractivity contribution in [1.29, 1.82) is 0 Å². The van der Waals surface area contributed by atoms with Crippen LogP contribution in [0.5, 0.6) is 17.2 Å². The molecule has 0 spiro atoms. The SMILES string of the molecule is CSc1ncccc1C(=O)N1CC[C@@H](Oc2cccc3c2OCCO3)[C@H](O)C1. The number of likely N-dealkylation sites (tertiary alicyclic amines) is 1. The number of ether oxygens (including phenoxy) is 3. The van der Waals surface area contributed by atoms with E-state index in [4.69, 9.17) is 14.2 Å². The molecule has 1 amide bonds. The second-order valence-corrected chi connectivity index (χ2v) is 7.40. The molecule has 0 aliphatic carbocycles. The normalized spacial score (nSPS) is 21.3. The molecule has 0 bridgehead atoms. The molecule has 4 rings (SSSR count). The summed E-state index contributed by atoms with van der Waals surface area (Å²) in [6.07, 6.45) is 2.86. The molecule has 2 atom stereocenters. The van der Waals surface area contributed by atoms with Gasteiger partial charge in [-0.1, -0.05) is 6.07 Å². The molecule has 7 nitrogen and oxygen atoms in total. The fourth-order valence-corrected chi connectivity index (χ4v) is 3.96. The van der Waals surface area contributed by atoms with Gasteiger partial charge >= 0.3 is 0 Å². The maximum atomic E-state index is 12.9. The van der Waals surface area contributed by atoms with Gasteiger partial charge in [-0.25, -0.2) is 4.98 Å². The molecular formula is C20H22N2O5S. The van der Waals surface area contributed by atoms with Crippen molar-refractivity contribution in [2.75, 3.05) is 32.6 Å². The molecule has 1 saturated heterocycles. The van der Waals surface area contributed by atoms with Gasteiger partial charge < -0.3 is 24.2 Å². The van der Waals surface area contributed by atoms with Crippen LogP contribution in [0.15, 0.2) is 41.6 Å². The highest BCUT2D eigenvalue weighted by molar-refractivity contribution is 7.98. The van der Waals surface area contributed by atoms with Gasteiger partial charge in [0, 0.05) is 19.2 Å². The fourth-order valence-electron chi connectivity index (χ4n) is 3.42. The number of nitrogens with zero attached hydrogens (tertiary/aromatic N) is 2. The average Bonchev–Trinajstić information content (AvgIpc) is 2.75. The topological polar surface area (TPSA) is 81.1 Å². The van der Waals surface area contributed by atoms with Crippen molar-refractivity contribution >= 4 is 17.7 Å². The number of aliphatic hydroxyl groups is 1. The first kappa shape index (κ1) is 18.9. The second-order valence-electron chi connectivity index (χ2n) is 6.60. The highest BCUT2D eigenvalue weighted by atomic mass is 32.2. The number of amides is 1. The number of hydrogen-bond donors (Lipinski definition) is 1. The second kappa shape index (κ2) is 8.28. The van der Waals surface area contributed by atoms with Crippen LogP contribution in [0.4, 0.5) is 0 Å². The lowest BCUT2D eigenvalue weighted by Gasteiger charge is -2.36. The van der Waals surface area contributed by atoms with Crippen LogP contribution in [-0.2, 0) is 0 Å². The monoisotopic (exact) mass is 402 g/mol. The molecule has 1 aromatic carbocycles. The minimum Gasteiger partial charge on any atom is -0.486 e. The standard InChI is InChI=1S/C20H22N2O5S/c1-28-19-13(4-3-8-21-19)20(24)22-9-7-15(14(23)12-22)27-17-6-2-5-16-18(17)26-11-10-25-16/h2-6,8,14-15,23H,7,9-12H2,1H3/t14-,15-/m1/s1. The first-order valence-electron chi connectivity index (χ1n) is 9.19. The van der Waals surface area contributed by atoms with Gasteiger partial charge in [0.1, 0.15) is 30.4 Å². The van der Waals surface area contributed by atoms with E-state index in [1.807, 2.05) is 18.4 Å². The smallest absolute Gasteiger partial charge is 0.256 e. The number of pyridine rings is 1.